The summed E-state index contributed by atoms with van der Waals surface area (Å²) in [7, 11) is 0. The van der Waals surface area contributed by atoms with Crippen molar-refractivity contribution in [3.8, 4) is 0 Å². The fourth-order valence-corrected chi connectivity index (χ4v) is 2.50. The van der Waals surface area contributed by atoms with Crippen LogP contribution in [0.4, 0.5) is 10.1 Å². The van der Waals surface area contributed by atoms with Crippen LogP contribution >= 0.6 is 15.9 Å². The number of rotatable bonds is 4. The van der Waals surface area contributed by atoms with Crippen molar-refractivity contribution in [2.45, 2.75) is 18.4 Å². The van der Waals surface area contributed by atoms with E-state index in [1.165, 1.54) is 24.3 Å². The third-order valence-corrected chi connectivity index (χ3v) is 3.96. The second-order valence-electron chi connectivity index (χ2n) is 4.82. The molecule has 21 heavy (non-hydrogen) atoms. The van der Waals surface area contributed by atoms with Crippen LogP contribution in [0.15, 0.2) is 53.0 Å². The Morgan fingerprint density at radius 3 is 2.33 bits per heavy atom. The molecule has 0 unspecified atom stereocenters. The van der Waals surface area contributed by atoms with E-state index in [0.717, 1.165) is 10.0 Å². The van der Waals surface area contributed by atoms with Gasteiger partial charge in [0.2, 0.25) is 0 Å². The number of nitro groups is 1. The molecule has 1 aliphatic heterocycles. The fourth-order valence-electron chi connectivity index (χ4n) is 2.24. The second kappa shape index (κ2) is 5.54. The molecule has 0 bridgehead atoms. The van der Waals surface area contributed by atoms with Crippen LogP contribution in [0.1, 0.15) is 23.4 Å². The lowest BCUT2D eigenvalue weighted by atomic mass is 10.0. The highest BCUT2D eigenvalue weighted by molar-refractivity contribution is 9.10. The molecule has 1 heterocycles. The summed E-state index contributed by atoms with van der Waals surface area (Å²) in [6.45, 7) is 0. The molecular formula is C15H11BrFNO3. The molecular weight excluding hydrogens is 341 g/mol. The number of nitrogens with zero attached hydrogens (tertiary/aromatic N) is 1. The number of hydrogen-bond donors (Lipinski definition) is 0. The third kappa shape index (κ3) is 2.96. The van der Waals surface area contributed by atoms with E-state index >= 15 is 0 Å². The lowest BCUT2D eigenvalue weighted by molar-refractivity contribution is -0.384. The molecule has 0 aromatic heterocycles. The lowest BCUT2D eigenvalue weighted by Crippen LogP contribution is -2.01. The van der Waals surface area contributed by atoms with Gasteiger partial charge in [-0.15, -0.1) is 0 Å². The molecule has 4 nitrogen and oxygen atoms in total. The average molecular weight is 352 g/mol. The van der Waals surface area contributed by atoms with Gasteiger partial charge in [0, 0.05) is 16.6 Å². The zero-order valence-electron chi connectivity index (χ0n) is 10.8. The molecule has 1 fully saturated rings. The molecule has 3 rings (SSSR count). The first kappa shape index (κ1) is 14.2. The average Bonchev–Trinajstić information content (AvgIpc) is 3.28. The summed E-state index contributed by atoms with van der Waals surface area (Å²) in [4.78, 5) is 10.1. The van der Waals surface area contributed by atoms with Gasteiger partial charge in [-0.1, -0.05) is 28.1 Å². The van der Waals surface area contributed by atoms with Gasteiger partial charge in [-0.2, -0.15) is 0 Å². The van der Waals surface area contributed by atoms with Crippen molar-refractivity contribution in [3.05, 3.63) is 74.2 Å². The molecule has 1 aliphatic rings. The molecule has 108 valence electrons. The van der Waals surface area contributed by atoms with E-state index < -0.39 is 17.2 Å². The topological polar surface area (TPSA) is 55.7 Å². The predicted octanol–water partition coefficient (Wildman–Crippen LogP) is 4.51. The molecule has 0 spiro atoms. The van der Waals surface area contributed by atoms with Gasteiger partial charge in [0.15, 0.2) is 6.17 Å². The van der Waals surface area contributed by atoms with Crippen molar-refractivity contribution < 1.29 is 14.1 Å². The van der Waals surface area contributed by atoms with Gasteiger partial charge in [-0.05, 0) is 35.4 Å². The number of hydrogen-bond acceptors (Lipinski definition) is 3. The van der Waals surface area contributed by atoms with Gasteiger partial charge in [0.25, 0.3) is 5.69 Å². The Labute approximate surface area is 128 Å². The van der Waals surface area contributed by atoms with Gasteiger partial charge in [-0.25, -0.2) is 4.39 Å². The number of alkyl halides is 1. The molecule has 2 aromatic rings. The Hall–Kier alpha value is -1.79. The van der Waals surface area contributed by atoms with Crippen LogP contribution in [-0.2, 0) is 4.74 Å². The summed E-state index contributed by atoms with van der Waals surface area (Å²) < 4.78 is 20.7. The van der Waals surface area contributed by atoms with Gasteiger partial charge in [0.1, 0.15) is 12.2 Å². The van der Waals surface area contributed by atoms with Crippen molar-refractivity contribution in [3.63, 3.8) is 0 Å². The van der Waals surface area contributed by atoms with Gasteiger partial charge in [0.05, 0.1) is 4.92 Å². The highest BCUT2D eigenvalue weighted by Gasteiger charge is 2.47. The minimum atomic E-state index is -1.29. The Bertz CT molecular complexity index is 660. The highest BCUT2D eigenvalue weighted by Crippen LogP contribution is 2.47. The van der Waals surface area contributed by atoms with Crippen molar-refractivity contribution in [1.29, 1.82) is 0 Å². The first-order valence-electron chi connectivity index (χ1n) is 6.35. The number of halogens is 2. The Morgan fingerprint density at radius 1 is 1.14 bits per heavy atom. The number of nitro benzene ring substituents is 1. The lowest BCUT2D eigenvalue weighted by Gasteiger charge is -2.05. The monoisotopic (exact) mass is 351 g/mol. The van der Waals surface area contributed by atoms with E-state index in [1.54, 1.807) is 0 Å². The van der Waals surface area contributed by atoms with Crippen LogP contribution in [-0.4, -0.2) is 11.0 Å². The van der Waals surface area contributed by atoms with Crippen molar-refractivity contribution in [1.82, 2.24) is 0 Å². The van der Waals surface area contributed by atoms with Gasteiger partial charge < -0.3 is 4.74 Å². The van der Waals surface area contributed by atoms with E-state index in [-0.39, 0.29) is 11.8 Å². The van der Waals surface area contributed by atoms with E-state index in [1.807, 2.05) is 24.3 Å². The molecule has 0 N–H and O–H groups in total. The van der Waals surface area contributed by atoms with Gasteiger partial charge >= 0.3 is 0 Å². The van der Waals surface area contributed by atoms with Crippen molar-refractivity contribution in [2.75, 3.05) is 0 Å². The maximum Gasteiger partial charge on any atom is 0.269 e. The summed E-state index contributed by atoms with van der Waals surface area (Å²) in [6, 6.07) is 13.0. The summed E-state index contributed by atoms with van der Waals surface area (Å²) in [6.07, 6.45) is -2.09. The molecule has 1 saturated heterocycles. The minimum absolute atomic E-state index is 0.0490. The standard InChI is InChI=1S/C15H11BrFNO3/c16-11-5-1-10(2-6-11)14-15(21-14)13(17)9-3-7-12(8-4-9)18(19)20/h1-8,13-15H/t13-,14-,15-/m1/s1. The van der Waals surface area contributed by atoms with E-state index in [9.17, 15) is 14.5 Å². The number of epoxide rings is 1. The van der Waals surface area contributed by atoms with Crippen LogP contribution < -0.4 is 0 Å². The summed E-state index contributed by atoms with van der Waals surface area (Å²) >= 11 is 3.34. The normalized spacial score (nSPS) is 21.8. The second-order valence-corrected chi connectivity index (χ2v) is 5.74. The minimum Gasteiger partial charge on any atom is -0.361 e. The number of non-ortho nitro benzene ring substituents is 1. The Kier molecular flexibility index (Phi) is 3.73. The van der Waals surface area contributed by atoms with Gasteiger partial charge in [-0.3, -0.25) is 10.1 Å². The van der Waals surface area contributed by atoms with E-state index in [2.05, 4.69) is 15.9 Å². The zero-order valence-corrected chi connectivity index (χ0v) is 12.4. The van der Waals surface area contributed by atoms with Crippen molar-refractivity contribution >= 4 is 21.6 Å². The zero-order chi connectivity index (χ0) is 15.0. The molecule has 0 aliphatic carbocycles. The number of ether oxygens (including phenoxy) is 1. The maximum atomic E-state index is 14.4. The molecule has 0 saturated carbocycles. The van der Waals surface area contributed by atoms with Crippen LogP contribution in [0.3, 0.4) is 0 Å². The third-order valence-electron chi connectivity index (χ3n) is 3.43. The first-order chi connectivity index (χ1) is 10.1. The molecule has 2 aromatic carbocycles. The SMILES string of the molecule is O=[N+]([O-])c1ccc([C@@H](F)[C@H]2O[C@@H]2c2ccc(Br)cc2)cc1. The van der Waals surface area contributed by atoms with Crippen molar-refractivity contribution in [2.24, 2.45) is 0 Å². The molecule has 0 amide bonds. The molecule has 0 radical (unpaired) electrons. The fraction of sp³-hybridized carbons (Fsp3) is 0.200. The predicted molar refractivity (Wildman–Crippen MR) is 78.7 cm³/mol. The van der Waals surface area contributed by atoms with E-state index in [4.69, 9.17) is 4.74 Å². The first-order valence-corrected chi connectivity index (χ1v) is 7.15. The summed E-state index contributed by atoms with van der Waals surface area (Å²) in [5.41, 5.74) is 1.27. The molecule has 3 atom stereocenters. The maximum absolute atomic E-state index is 14.4. The highest BCUT2D eigenvalue weighted by atomic mass is 79.9. The Balaban J connectivity index is 1.71. The van der Waals surface area contributed by atoms with Crippen LogP contribution in [0.2, 0.25) is 0 Å². The summed E-state index contributed by atoms with van der Waals surface area (Å²) in [5.74, 6) is 0. The molecule has 6 heteroatoms. The number of benzene rings is 2. The van der Waals surface area contributed by atoms with Crippen LogP contribution in [0.5, 0.6) is 0 Å². The smallest absolute Gasteiger partial charge is 0.269 e. The largest absolute Gasteiger partial charge is 0.361 e. The quantitative estimate of drug-likeness (QED) is 0.462. The Morgan fingerprint density at radius 2 is 1.76 bits per heavy atom. The van der Waals surface area contributed by atoms with Crippen LogP contribution in [0.25, 0.3) is 0 Å². The van der Waals surface area contributed by atoms with Crippen LogP contribution in [0, 0.1) is 10.1 Å². The van der Waals surface area contributed by atoms with E-state index in [0.29, 0.717) is 5.56 Å². The summed E-state index contributed by atoms with van der Waals surface area (Å²) in [5, 5.41) is 10.6.